The minimum Gasteiger partial charge on any atom is -0.398 e. The van der Waals surface area contributed by atoms with Gasteiger partial charge in [-0.25, -0.2) is 4.98 Å². The molecule has 0 aliphatic heterocycles. The van der Waals surface area contributed by atoms with Gasteiger partial charge in [-0.05, 0) is 12.1 Å². The first-order chi connectivity index (χ1) is 5.83. The topological polar surface area (TPSA) is 50.9 Å². The van der Waals surface area contributed by atoms with Crippen LogP contribution in [-0.2, 0) is 0 Å². The van der Waals surface area contributed by atoms with Crippen LogP contribution in [0.3, 0.4) is 0 Å². The number of hydrogen-bond donors (Lipinski definition) is 2. The van der Waals surface area contributed by atoms with E-state index in [0.29, 0.717) is 0 Å². The van der Waals surface area contributed by atoms with Gasteiger partial charge in [0.2, 0.25) is 0 Å². The van der Waals surface area contributed by atoms with Crippen LogP contribution >= 0.6 is 11.3 Å². The number of fused-ring (bicyclic) bond motifs is 1. The average Bonchev–Trinajstić information content (AvgIpc) is 2.54. The fourth-order valence-electron chi connectivity index (χ4n) is 1.17. The number of anilines is 2. The van der Waals surface area contributed by atoms with Crippen LogP contribution in [0.2, 0.25) is 0 Å². The second-order valence-electron chi connectivity index (χ2n) is 2.48. The summed E-state index contributed by atoms with van der Waals surface area (Å²) in [7, 11) is 1.88. The van der Waals surface area contributed by atoms with Gasteiger partial charge < -0.3 is 11.1 Å². The number of rotatable bonds is 1. The molecule has 0 unspecified atom stereocenters. The predicted molar refractivity (Wildman–Crippen MR) is 53.6 cm³/mol. The van der Waals surface area contributed by atoms with Crippen molar-refractivity contribution in [3.8, 4) is 0 Å². The number of aromatic nitrogens is 1. The molecule has 0 spiro atoms. The molecule has 0 radical (unpaired) electrons. The van der Waals surface area contributed by atoms with Crippen LogP contribution in [0.25, 0.3) is 10.2 Å². The van der Waals surface area contributed by atoms with Gasteiger partial charge in [0.1, 0.15) is 5.52 Å². The lowest BCUT2D eigenvalue weighted by molar-refractivity contribution is 1.46. The molecule has 0 fully saturated rings. The maximum Gasteiger partial charge on any atom is 0.106 e. The Morgan fingerprint density at radius 3 is 3.08 bits per heavy atom. The second kappa shape index (κ2) is 2.64. The molecular weight excluding hydrogens is 170 g/mol. The molecule has 0 atom stereocenters. The van der Waals surface area contributed by atoms with Crippen LogP contribution in [0.5, 0.6) is 0 Å². The summed E-state index contributed by atoms with van der Waals surface area (Å²) in [5.41, 5.74) is 10.4. The number of nitrogens with one attached hydrogen (secondary N) is 1. The lowest BCUT2D eigenvalue weighted by atomic mass is 10.2. The second-order valence-corrected chi connectivity index (χ2v) is 3.34. The predicted octanol–water partition coefficient (Wildman–Crippen LogP) is 1.92. The zero-order valence-corrected chi connectivity index (χ0v) is 7.48. The molecule has 1 aromatic heterocycles. The number of benzene rings is 1. The highest BCUT2D eigenvalue weighted by atomic mass is 32.1. The molecule has 0 bridgehead atoms. The first-order valence-electron chi connectivity index (χ1n) is 3.62. The van der Waals surface area contributed by atoms with Crippen molar-refractivity contribution < 1.29 is 0 Å². The molecule has 2 aromatic rings. The van der Waals surface area contributed by atoms with Crippen molar-refractivity contribution in [2.45, 2.75) is 0 Å². The van der Waals surface area contributed by atoms with Gasteiger partial charge in [0.25, 0.3) is 0 Å². The lowest BCUT2D eigenvalue weighted by Gasteiger charge is -2.01. The van der Waals surface area contributed by atoms with E-state index in [9.17, 15) is 0 Å². The first kappa shape index (κ1) is 7.36. The van der Waals surface area contributed by atoms with Crippen LogP contribution < -0.4 is 11.1 Å². The Kier molecular flexibility index (Phi) is 1.62. The van der Waals surface area contributed by atoms with Gasteiger partial charge in [-0.15, -0.1) is 11.3 Å². The first-order valence-corrected chi connectivity index (χ1v) is 4.50. The minimum atomic E-state index is 0.798. The maximum atomic E-state index is 5.77. The van der Waals surface area contributed by atoms with Crippen molar-refractivity contribution >= 4 is 32.9 Å². The third kappa shape index (κ3) is 0.921. The summed E-state index contributed by atoms with van der Waals surface area (Å²) in [5.74, 6) is 0. The third-order valence-electron chi connectivity index (χ3n) is 1.78. The number of nitrogen functional groups attached to an aromatic ring is 1. The van der Waals surface area contributed by atoms with Crippen LogP contribution in [0.4, 0.5) is 11.4 Å². The molecule has 0 saturated carbocycles. The Bertz CT molecular complexity index is 408. The van der Waals surface area contributed by atoms with Gasteiger partial charge in [0, 0.05) is 7.05 Å². The molecule has 0 aliphatic carbocycles. The smallest absolute Gasteiger partial charge is 0.106 e. The van der Waals surface area contributed by atoms with E-state index in [2.05, 4.69) is 10.3 Å². The van der Waals surface area contributed by atoms with E-state index in [-0.39, 0.29) is 0 Å². The summed E-state index contributed by atoms with van der Waals surface area (Å²) in [4.78, 5) is 4.23. The summed E-state index contributed by atoms with van der Waals surface area (Å²) in [6.45, 7) is 0. The SMILES string of the molecule is CNc1ccc(N)c2scnc12. The largest absolute Gasteiger partial charge is 0.398 e. The normalized spacial score (nSPS) is 10.4. The van der Waals surface area contributed by atoms with Gasteiger partial charge in [0.15, 0.2) is 0 Å². The lowest BCUT2D eigenvalue weighted by Crippen LogP contribution is -1.91. The minimum absolute atomic E-state index is 0.798. The molecule has 0 aliphatic rings. The van der Waals surface area contributed by atoms with Crippen molar-refractivity contribution in [1.29, 1.82) is 0 Å². The monoisotopic (exact) mass is 179 g/mol. The van der Waals surface area contributed by atoms with Gasteiger partial charge in [-0.2, -0.15) is 0 Å². The molecule has 1 heterocycles. The summed E-state index contributed by atoms with van der Waals surface area (Å²) in [6, 6.07) is 3.84. The van der Waals surface area contributed by atoms with E-state index >= 15 is 0 Å². The Balaban J connectivity index is 2.82. The fourth-order valence-corrected chi connectivity index (χ4v) is 1.91. The number of nitrogens with two attached hydrogens (primary N) is 1. The highest BCUT2D eigenvalue weighted by molar-refractivity contribution is 7.17. The van der Waals surface area contributed by atoms with Crippen LogP contribution in [0.15, 0.2) is 17.6 Å². The van der Waals surface area contributed by atoms with Crippen LogP contribution in [-0.4, -0.2) is 12.0 Å². The van der Waals surface area contributed by atoms with Gasteiger partial charge >= 0.3 is 0 Å². The maximum absolute atomic E-state index is 5.77. The molecule has 2 rings (SSSR count). The molecule has 3 nitrogen and oxygen atoms in total. The standard InChI is InChI=1S/C8H9N3S/c1-10-6-3-2-5(9)8-7(6)11-4-12-8/h2-4,10H,9H2,1H3. The molecule has 1 aromatic carbocycles. The fraction of sp³-hybridized carbons (Fsp3) is 0.125. The van der Waals surface area contributed by atoms with Crippen molar-refractivity contribution in [2.24, 2.45) is 0 Å². The van der Waals surface area contributed by atoms with Crippen molar-refractivity contribution in [2.75, 3.05) is 18.1 Å². The zero-order valence-electron chi connectivity index (χ0n) is 6.66. The molecule has 0 saturated heterocycles. The van der Waals surface area contributed by atoms with E-state index in [1.165, 1.54) is 0 Å². The van der Waals surface area contributed by atoms with Crippen LogP contribution in [0, 0.1) is 0 Å². The number of hydrogen-bond acceptors (Lipinski definition) is 4. The zero-order chi connectivity index (χ0) is 8.55. The van der Waals surface area contributed by atoms with E-state index in [1.807, 2.05) is 24.7 Å². The molecule has 0 amide bonds. The summed E-state index contributed by atoms with van der Waals surface area (Å²) >= 11 is 1.57. The molecule has 4 heteroatoms. The van der Waals surface area contributed by atoms with E-state index in [1.54, 1.807) is 11.3 Å². The van der Waals surface area contributed by atoms with Crippen molar-refractivity contribution in [3.63, 3.8) is 0 Å². The third-order valence-corrected chi connectivity index (χ3v) is 2.66. The Morgan fingerprint density at radius 2 is 2.33 bits per heavy atom. The van der Waals surface area contributed by atoms with Gasteiger partial charge in [0.05, 0.1) is 21.6 Å². The average molecular weight is 179 g/mol. The van der Waals surface area contributed by atoms with E-state index in [0.717, 1.165) is 21.6 Å². The van der Waals surface area contributed by atoms with Gasteiger partial charge in [-0.3, -0.25) is 0 Å². The highest BCUT2D eigenvalue weighted by Crippen LogP contribution is 2.29. The summed E-state index contributed by atoms with van der Waals surface area (Å²) < 4.78 is 1.06. The van der Waals surface area contributed by atoms with Crippen molar-refractivity contribution in [3.05, 3.63) is 17.6 Å². The molecular formula is C8H9N3S. The molecule has 3 N–H and O–H groups in total. The Morgan fingerprint density at radius 1 is 1.50 bits per heavy atom. The quantitative estimate of drug-likeness (QED) is 0.657. The number of nitrogens with zero attached hydrogens (tertiary/aromatic N) is 1. The summed E-state index contributed by atoms with van der Waals surface area (Å²) in [5, 5.41) is 3.07. The molecule has 12 heavy (non-hydrogen) atoms. The highest BCUT2D eigenvalue weighted by Gasteiger charge is 2.04. The number of thiazole rings is 1. The van der Waals surface area contributed by atoms with E-state index in [4.69, 9.17) is 5.73 Å². The Hall–Kier alpha value is -1.29. The Labute approximate surface area is 74.2 Å². The van der Waals surface area contributed by atoms with Gasteiger partial charge in [-0.1, -0.05) is 0 Å². The van der Waals surface area contributed by atoms with Crippen LogP contribution in [0.1, 0.15) is 0 Å². The molecule has 62 valence electrons. The summed E-state index contributed by atoms with van der Waals surface area (Å²) in [6.07, 6.45) is 0. The van der Waals surface area contributed by atoms with E-state index < -0.39 is 0 Å². The van der Waals surface area contributed by atoms with Crippen molar-refractivity contribution in [1.82, 2.24) is 4.98 Å².